The molecule has 0 bridgehead atoms. The number of hydrogen-bond acceptors (Lipinski definition) is 8. The predicted molar refractivity (Wildman–Crippen MR) is 92.0 cm³/mol. The molecule has 0 fully saturated rings. The first-order chi connectivity index (χ1) is 13.2. The van der Waals surface area contributed by atoms with Crippen LogP contribution in [0.25, 0.3) is 22.9 Å². The summed E-state index contributed by atoms with van der Waals surface area (Å²) in [6, 6.07) is 12.9. The van der Waals surface area contributed by atoms with E-state index in [0.29, 0.717) is 23.0 Å². The second kappa shape index (κ2) is 7.24. The Kier molecular flexibility index (Phi) is 4.48. The van der Waals surface area contributed by atoms with Crippen molar-refractivity contribution in [3.05, 3.63) is 60.0 Å². The molecule has 0 saturated heterocycles. The van der Waals surface area contributed by atoms with Gasteiger partial charge >= 0.3 is 5.97 Å². The first kappa shape index (κ1) is 16.7. The average Bonchev–Trinajstić information content (AvgIpc) is 3.42. The lowest BCUT2D eigenvalue weighted by Gasteiger charge is -2.00. The third-order valence-electron chi connectivity index (χ3n) is 3.74. The number of aryl methyl sites for hydroxylation is 1. The fourth-order valence-corrected chi connectivity index (χ4v) is 2.36. The summed E-state index contributed by atoms with van der Waals surface area (Å²) in [6.45, 7) is 1.82. The number of furan rings is 1. The minimum atomic E-state index is -0.509. The molecule has 27 heavy (non-hydrogen) atoms. The second-order valence-corrected chi connectivity index (χ2v) is 5.83. The summed E-state index contributed by atoms with van der Waals surface area (Å²) in [7, 11) is 0. The molecule has 3 heterocycles. The van der Waals surface area contributed by atoms with Crippen LogP contribution in [0.5, 0.6) is 0 Å². The molecule has 9 heteroatoms. The van der Waals surface area contributed by atoms with Gasteiger partial charge in [0.15, 0.2) is 12.3 Å². The van der Waals surface area contributed by atoms with Crippen molar-refractivity contribution in [1.29, 1.82) is 0 Å². The molecule has 0 N–H and O–H groups in total. The maximum absolute atomic E-state index is 12.0. The maximum Gasteiger partial charge on any atom is 0.330 e. The number of hydrogen-bond donors (Lipinski definition) is 0. The number of esters is 1. The standard InChI is InChI=1S/C18H15N5O4/c1-12-4-6-13(7-5-12)18-19-22-23(20-18)10-17(24)26-11-14-9-16(27-21-14)15-3-2-8-25-15/h2-9H,10-11H2,1H3. The Balaban J connectivity index is 1.33. The zero-order valence-corrected chi connectivity index (χ0v) is 14.4. The van der Waals surface area contributed by atoms with E-state index in [1.54, 1.807) is 18.2 Å². The maximum atomic E-state index is 12.0. The van der Waals surface area contributed by atoms with Crippen LogP contribution in [-0.4, -0.2) is 31.3 Å². The third-order valence-corrected chi connectivity index (χ3v) is 3.74. The Morgan fingerprint density at radius 1 is 1.19 bits per heavy atom. The Hall–Kier alpha value is -3.75. The minimum absolute atomic E-state index is 0.0252. The first-order valence-corrected chi connectivity index (χ1v) is 8.17. The topological polar surface area (TPSA) is 109 Å². The number of rotatable bonds is 6. The van der Waals surface area contributed by atoms with E-state index in [2.05, 4.69) is 20.6 Å². The number of carbonyl (C=O) groups excluding carboxylic acids is 1. The van der Waals surface area contributed by atoms with E-state index in [0.717, 1.165) is 11.1 Å². The normalized spacial score (nSPS) is 10.9. The number of ether oxygens (including phenoxy) is 1. The van der Waals surface area contributed by atoms with Gasteiger partial charge in [0.25, 0.3) is 0 Å². The van der Waals surface area contributed by atoms with Crippen molar-refractivity contribution in [2.45, 2.75) is 20.1 Å². The van der Waals surface area contributed by atoms with Gasteiger partial charge in [-0.3, -0.25) is 0 Å². The van der Waals surface area contributed by atoms with Crippen LogP contribution in [0.3, 0.4) is 0 Å². The van der Waals surface area contributed by atoms with Gasteiger partial charge in [-0.05, 0) is 24.3 Å². The minimum Gasteiger partial charge on any atom is -0.461 e. The number of carbonyl (C=O) groups is 1. The number of nitrogens with zero attached hydrogens (tertiary/aromatic N) is 5. The van der Waals surface area contributed by atoms with Crippen LogP contribution in [0.2, 0.25) is 0 Å². The lowest BCUT2D eigenvalue weighted by Crippen LogP contribution is -2.15. The lowest BCUT2D eigenvalue weighted by molar-refractivity contribution is -0.146. The summed E-state index contributed by atoms with van der Waals surface area (Å²) in [4.78, 5) is 13.2. The van der Waals surface area contributed by atoms with Gasteiger partial charge in [-0.1, -0.05) is 35.0 Å². The molecule has 4 rings (SSSR count). The molecule has 3 aromatic heterocycles. The van der Waals surface area contributed by atoms with Gasteiger partial charge in [-0.25, -0.2) is 4.79 Å². The monoisotopic (exact) mass is 365 g/mol. The first-order valence-electron chi connectivity index (χ1n) is 8.17. The van der Waals surface area contributed by atoms with Gasteiger partial charge < -0.3 is 13.7 Å². The zero-order valence-electron chi connectivity index (χ0n) is 14.4. The molecule has 9 nitrogen and oxygen atoms in total. The largest absolute Gasteiger partial charge is 0.461 e. The lowest BCUT2D eigenvalue weighted by atomic mass is 10.1. The average molecular weight is 365 g/mol. The van der Waals surface area contributed by atoms with Gasteiger partial charge in [0.1, 0.15) is 12.3 Å². The van der Waals surface area contributed by atoms with E-state index < -0.39 is 5.97 Å². The Bertz CT molecular complexity index is 1030. The van der Waals surface area contributed by atoms with Crippen LogP contribution in [0.4, 0.5) is 0 Å². The highest BCUT2D eigenvalue weighted by Crippen LogP contribution is 2.20. The SMILES string of the molecule is Cc1ccc(-c2nnn(CC(=O)OCc3cc(-c4ccco4)on3)n2)cc1. The Morgan fingerprint density at radius 2 is 2.04 bits per heavy atom. The molecule has 0 saturated carbocycles. The molecule has 0 atom stereocenters. The van der Waals surface area contributed by atoms with E-state index in [9.17, 15) is 4.79 Å². The summed E-state index contributed by atoms with van der Waals surface area (Å²) in [5.74, 6) is 0.954. The van der Waals surface area contributed by atoms with E-state index in [1.165, 1.54) is 11.1 Å². The highest BCUT2D eigenvalue weighted by molar-refractivity contribution is 5.69. The highest BCUT2D eigenvalue weighted by atomic mass is 16.5. The summed E-state index contributed by atoms with van der Waals surface area (Å²) in [5, 5.41) is 15.9. The van der Waals surface area contributed by atoms with Gasteiger partial charge in [-0.15, -0.1) is 10.2 Å². The predicted octanol–water partition coefficient (Wildman–Crippen LogP) is 2.64. The number of tetrazole rings is 1. The van der Waals surface area contributed by atoms with E-state index >= 15 is 0 Å². The van der Waals surface area contributed by atoms with Gasteiger partial charge in [0.05, 0.1) is 6.26 Å². The third kappa shape index (κ3) is 3.92. The van der Waals surface area contributed by atoms with Crippen molar-refractivity contribution < 1.29 is 18.5 Å². The van der Waals surface area contributed by atoms with Crippen molar-refractivity contribution in [1.82, 2.24) is 25.4 Å². The molecular weight excluding hydrogens is 350 g/mol. The number of benzene rings is 1. The van der Waals surface area contributed by atoms with Crippen LogP contribution in [0, 0.1) is 6.92 Å². The zero-order chi connectivity index (χ0) is 18.6. The molecule has 0 unspecified atom stereocenters. The molecule has 0 spiro atoms. The van der Waals surface area contributed by atoms with E-state index in [4.69, 9.17) is 13.7 Å². The van der Waals surface area contributed by atoms with Crippen LogP contribution in [-0.2, 0) is 22.7 Å². The van der Waals surface area contributed by atoms with Crippen LogP contribution >= 0.6 is 0 Å². The van der Waals surface area contributed by atoms with E-state index in [-0.39, 0.29) is 13.2 Å². The summed E-state index contributed by atoms with van der Waals surface area (Å²) < 4.78 is 15.5. The van der Waals surface area contributed by atoms with Crippen molar-refractivity contribution in [2.24, 2.45) is 0 Å². The highest BCUT2D eigenvalue weighted by Gasteiger charge is 2.13. The van der Waals surface area contributed by atoms with Crippen LogP contribution < -0.4 is 0 Å². The molecule has 0 radical (unpaired) electrons. The molecule has 0 aliphatic carbocycles. The summed E-state index contributed by atoms with van der Waals surface area (Å²) in [5.41, 5.74) is 2.44. The van der Waals surface area contributed by atoms with Crippen molar-refractivity contribution in [3.63, 3.8) is 0 Å². The summed E-state index contributed by atoms with van der Waals surface area (Å²) >= 11 is 0. The Morgan fingerprint density at radius 3 is 2.81 bits per heavy atom. The second-order valence-electron chi connectivity index (χ2n) is 5.83. The molecule has 0 aliphatic heterocycles. The number of aromatic nitrogens is 5. The fraction of sp³-hybridized carbons (Fsp3) is 0.167. The fourth-order valence-electron chi connectivity index (χ4n) is 2.36. The Labute approximate surface area is 153 Å². The van der Waals surface area contributed by atoms with Crippen molar-refractivity contribution in [3.8, 4) is 22.9 Å². The summed E-state index contributed by atoms with van der Waals surface area (Å²) in [6.07, 6.45) is 1.54. The quantitative estimate of drug-likeness (QED) is 0.480. The molecule has 4 aromatic rings. The molecule has 0 amide bonds. The molecule has 136 valence electrons. The van der Waals surface area contributed by atoms with Crippen LogP contribution in [0.15, 0.2) is 57.7 Å². The molecule has 0 aliphatic rings. The van der Waals surface area contributed by atoms with Crippen LogP contribution in [0.1, 0.15) is 11.3 Å². The van der Waals surface area contributed by atoms with E-state index in [1.807, 2.05) is 31.2 Å². The smallest absolute Gasteiger partial charge is 0.330 e. The van der Waals surface area contributed by atoms with Gasteiger partial charge in [0, 0.05) is 11.6 Å². The van der Waals surface area contributed by atoms with Gasteiger partial charge in [0.2, 0.25) is 11.6 Å². The van der Waals surface area contributed by atoms with Gasteiger partial charge in [-0.2, -0.15) is 4.80 Å². The van der Waals surface area contributed by atoms with Crippen molar-refractivity contribution in [2.75, 3.05) is 0 Å². The molecular formula is C18H15N5O4. The van der Waals surface area contributed by atoms with Crippen molar-refractivity contribution >= 4 is 5.97 Å². The molecule has 1 aromatic carbocycles.